The molecular weight excluding hydrogens is 347 g/mol. The summed E-state index contributed by atoms with van der Waals surface area (Å²) in [7, 11) is 0. The van der Waals surface area contributed by atoms with E-state index in [1.54, 1.807) is 12.3 Å². The maximum Gasteiger partial charge on any atom is 0.124 e. The lowest BCUT2D eigenvalue weighted by molar-refractivity contribution is 0.624. The summed E-state index contributed by atoms with van der Waals surface area (Å²) in [6.07, 6.45) is 1.97. The third kappa shape index (κ3) is 4.12. The van der Waals surface area contributed by atoms with Crippen molar-refractivity contribution in [3.05, 3.63) is 71.7 Å². The molecule has 1 aromatic carbocycles. The number of hydrogen-bond acceptors (Lipinski definition) is 4. The Balaban J connectivity index is 2.08. The molecule has 0 radical (unpaired) electrons. The molecule has 4 nitrogen and oxygen atoms in total. The minimum Gasteiger partial charge on any atom is -0.316 e. The first-order valence-corrected chi connectivity index (χ1v) is 9.19. The number of rotatable bonds is 6. The van der Waals surface area contributed by atoms with E-state index in [0.717, 1.165) is 21.3 Å². The Kier molecular flexibility index (Phi) is 5.69. The zero-order valence-corrected chi connectivity index (χ0v) is 15.5. The highest BCUT2D eigenvalue weighted by molar-refractivity contribution is 7.99. The van der Waals surface area contributed by atoms with Gasteiger partial charge in [0.25, 0.3) is 0 Å². The van der Waals surface area contributed by atoms with Crippen LogP contribution in [0.4, 0.5) is 4.39 Å². The fourth-order valence-corrected chi connectivity index (χ4v) is 3.86. The standard InChI is InChI=1S/C20H19FN4S/c1-14(2)19-20(26-17-8-5-6-15(21)12-17)25(18(24-19)9-10-22)13-16-7-3-4-11-23-16/h3-8,11-12,14H,9,13H2,1-2H3. The molecule has 0 aliphatic rings. The quantitative estimate of drug-likeness (QED) is 0.628. The van der Waals surface area contributed by atoms with E-state index in [0.29, 0.717) is 12.4 Å². The fraction of sp³-hybridized carbons (Fsp3) is 0.250. The molecule has 0 bridgehead atoms. The van der Waals surface area contributed by atoms with Crippen molar-refractivity contribution in [2.75, 3.05) is 0 Å². The van der Waals surface area contributed by atoms with Crippen LogP contribution >= 0.6 is 11.8 Å². The van der Waals surface area contributed by atoms with Gasteiger partial charge < -0.3 is 4.57 Å². The topological polar surface area (TPSA) is 54.5 Å². The number of nitriles is 1. The summed E-state index contributed by atoms with van der Waals surface area (Å²) in [6.45, 7) is 4.66. The van der Waals surface area contributed by atoms with Crippen LogP contribution in [0.3, 0.4) is 0 Å². The lowest BCUT2D eigenvalue weighted by Gasteiger charge is -2.12. The molecule has 3 aromatic rings. The number of halogens is 1. The first-order valence-electron chi connectivity index (χ1n) is 8.38. The van der Waals surface area contributed by atoms with Crippen LogP contribution in [0.1, 0.15) is 37.0 Å². The van der Waals surface area contributed by atoms with Crippen LogP contribution in [-0.4, -0.2) is 14.5 Å². The van der Waals surface area contributed by atoms with E-state index in [2.05, 4.69) is 24.9 Å². The van der Waals surface area contributed by atoms with E-state index in [1.807, 2.05) is 28.8 Å². The molecular formula is C20H19FN4S. The Morgan fingerprint density at radius 3 is 2.73 bits per heavy atom. The highest BCUT2D eigenvalue weighted by atomic mass is 32.2. The lowest BCUT2D eigenvalue weighted by Crippen LogP contribution is -2.07. The minimum atomic E-state index is -0.269. The summed E-state index contributed by atoms with van der Waals surface area (Å²) in [5, 5.41) is 10.1. The van der Waals surface area contributed by atoms with Gasteiger partial charge in [0.15, 0.2) is 0 Å². The van der Waals surface area contributed by atoms with Crippen molar-refractivity contribution in [1.29, 1.82) is 5.26 Å². The third-order valence-electron chi connectivity index (χ3n) is 3.87. The largest absolute Gasteiger partial charge is 0.316 e. The van der Waals surface area contributed by atoms with E-state index in [-0.39, 0.29) is 18.2 Å². The van der Waals surface area contributed by atoms with Gasteiger partial charge in [-0.2, -0.15) is 5.26 Å². The van der Waals surface area contributed by atoms with Crippen molar-refractivity contribution >= 4 is 11.8 Å². The van der Waals surface area contributed by atoms with Gasteiger partial charge in [-0.1, -0.05) is 37.7 Å². The molecule has 0 aliphatic carbocycles. The van der Waals surface area contributed by atoms with Crippen molar-refractivity contribution < 1.29 is 4.39 Å². The van der Waals surface area contributed by atoms with Crippen LogP contribution in [0.5, 0.6) is 0 Å². The second-order valence-electron chi connectivity index (χ2n) is 6.17. The van der Waals surface area contributed by atoms with Crippen LogP contribution in [0.25, 0.3) is 0 Å². The Bertz CT molecular complexity index is 929. The zero-order valence-electron chi connectivity index (χ0n) is 14.7. The average molecular weight is 366 g/mol. The summed E-state index contributed by atoms with van der Waals surface area (Å²) in [5.74, 6) is 0.628. The van der Waals surface area contributed by atoms with Gasteiger partial charge in [0.1, 0.15) is 16.7 Å². The third-order valence-corrected chi connectivity index (χ3v) is 4.98. The van der Waals surface area contributed by atoms with E-state index < -0.39 is 0 Å². The van der Waals surface area contributed by atoms with Crippen LogP contribution in [0.2, 0.25) is 0 Å². The molecule has 26 heavy (non-hydrogen) atoms. The Labute approximate surface area is 156 Å². The highest BCUT2D eigenvalue weighted by Gasteiger charge is 2.21. The van der Waals surface area contributed by atoms with Gasteiger partial charge in [0, 0.05) is 11.1 Å². The van der Waals surface area contributed by atoms with E-state index in [1.165, 1.54) is 23.9 Å². The zero-order chi connectivity index (χ0) is 18.5. The SMILES string of the molecule is CC(C)c1nc(CC#N)n(Cc2ccccn2)c1Sc1cccc(F)c1. The van der Waals surface area contributed by atoms with Gasteiger partial charge in [-0.15, -0.1) is 0 Å². The van der Waals surface area contributed by atoms with Crippen LogP contribution in [0.15, 0.2) is 58.6 Å². The van der Waals surface area contributed by atoms with E-state index >= 15 is 0 Å². The van der Waals surface area contributed by atoms with Crippen LogP contribution < -0.4 is 0 Å². The molecule has 0 amide bonds. The van der Waals surface area contributed by atoms with Gasteiger partial charge in [-0.3, -0.25) is 4.98 Å². The Hall–Kier alpha value is -2.65. The molecule has 0 atom stereocenters. The van der Waals surface area contributed by atoms with Crippen molar-refractivity contribution in [2.45, 2.75) is 42.7 Å². The number of hydrogen-bond donors (Lipinski definition) is 0. The summed E-state index contributed by atoms with van der Waals surface area (Å²) in [6, 6.07) is 14.5. The van der Waals surface area contributed by atoms with Gasteiger partial charge in [-0.25, -0.2) is 9.37 Å². The van der Waals surface area contributed by atoms with Crippen LogP contribution in [-0.2, 0) is 13.0 Å². The van der Waals surface area contributed by atoms with Crippen molar-refractivity contribution in [3.63, 3.8) is 0 Å². The average Bonchev–Trinajstić information content (AvgIpc) is 2.94. The number of pyridine rings is 1. The number of nitrogens with zero attached hydrogens (tertiary/aromatic N) is 4. The summed E-state index contributed by atoms with van der Waals surface area (Å²) >= 11 is 1.47. The molecule has 0 spiro atoms. The first kappa shape index (κ1) is 18.2. The predicted molar refractivity (Wildman–Crippen MR) is 99.5 cm³/mol. The molecule has 2 heterocycles. The molecule has 0 saturated heterocycles. The number of aromatic nitrogens is 3. The maximum atomic E-state index is 13.6. The highest BCUT2D eigenvalue weighted by Crippen LogP contribution is 2.35. The normalized spacial score (nSPS) is 10.9. The molecule has 0 aliphatic heterocycles. The van der Waals surface area contributed by atoms with Crippen molar-refractivity contribution in [2.24, 2.45) is 0 Å². The number of imidazole rings is 1. The maximum absolute atomic E-state index is 13.6. The van der Waals surface area contributed by atoms with E-state index in [9.17, 15) is 9.65 Å². The minimum absolute atomic E-state index is 0.188. The van der Waals surface area contributed by atoms with Crippen LogP contribution in [0, 0.1) is 17.1 Å². The molecule has 0 unspecified atom stereocenters. The molecule has 132 valence electrons. The van der Waals surface area contributed by atoms with Gasteiger partial charge in [-0.05, 0) is 36.2 Å². The summed E-state index contributed by atoms with van der Waals surface area (Å²) < 4.78 is 15.6. The Morgan fingerprint density at radius 2 is 2.08 bits per heavy atom. The lowest BCUT2D eigenvalue weighted by atomic mass is 10.1. The van der Waals surface area contributed by atoms with Crippen molar-refractivity contribution in [1.82, 2.24) is 14.5 Å². The molecule has 6 heteroatoms. The predicted octanol–water partition coefficient (Wildman–Crippen LogP) is 4.81. The van der Waals surface area contributed by atoms with Gasteiger partial charge >= 0.3 is 0 Å². The second-order valence-corrected chi connectivity index (χ2v) is 7.24. The molecule has 0 fully saturated rings. The number of benzene rings is 1. The summed E-state index contributed by atoms with van der Waals surface area (Å²) in [5.41, 5.74) is 1.81. The molecule has 3 rings (SSSR count). The Morgan fingerprint density at radius 1 is 1.23 bits per heavy atom. The molecule has 2 aromatic heterocycles. The molecule has 0 saturated carbocycles. The smallest absolute Gasteiger partial charge is 0.124 e. The van der Waals surface area contributed by atoms with Gasteiger partial charge in [0.05, 0.1) is 30.4 Å². The fourth-order valence-electron chi connectivity index (χ4n) is 2.65. The van der Waals surface area contributed by atoms with E-state index in [4.69, 9.17) is 4.98 Å². The van der Waals surface area contributed by atoms with Gasteiger partial charge in [0.2, 0.25) is 0 Å². The summed E-state index contributed by atoms with van der Waals surface area (Å²) in [4.78, 5) is 9.91. The monoisotopic (exact) mass is 366 g/mol. The first-order chi connectivity index (χ1) is 12.6. The molecule has 0 N–H and O–H groups in total. The van der Waals surface area contributed by atoms with Crippen molar-refractivity contribution in [3.8, 4) is 6.07 Å². The second kappa shape index (κ2) is 8.15.